The largest absolute Gasteiger partial charge is 0.453 e. The zero-order valence-corrected chi connectivity index (χ0v) is 11.0. The second kappa shape index (κ2) is 5.53. The number of hydrogen-bond donors (Lipinski definition) is 1. The average Bonchev–Trinajstić information content (AvgIpc) is 2.81. The average molecular weight is 264 g/mol. The van der Waals surface area contributed by atoms with Crippen LogP contribution in [0.1, 0.15) is 37.2 Å². The van der Waals surface area contributed by atoms with E-state index in [-0.39, 0.29) is 17.5 Å². The van der Waals surface area contributed by atoms with Gasteiger partial charge in [-0.25, -0.2) is 4.39 Å². The molecule has 1 heterocycles. The minimum atomic E-state index is -1.07. The number of aliphatic hydroxyl groups is 1. The normalized spacial score (nSPS) is 13.1. The molecule has 0 aliphatic rings. The van der Waals surface area contributed by atoms with Crippen molar-refractivity contribution in [3.05, 3.63) is 35.8 Å². The first-order valence-electron chi connectivity index (χ1n) is 6.48. The lowest BCUT2D eigenvalue weighted by molar-refractivity contribution is 0.0562. The van der Waals surface area contributed by atoms with E-state index in [2.05, 4.69) is 0 Å². The van der Waals surface area contributed by atoms with E-state index in [1.807, 2.05) is 13.8 Å². The Bertz CT molecular complexity index is 584. The maximum Gasteiger partial charge on any atom is 0.226 e. The van der Waals surface area contributed by atoms with Crippen LogP contribution in [0.25, 0.3) is 11.0 Å². The van der Waals surface area contributed by atoms with Gasteiger partial charge >= 0.3 is 0 Å². The second-order valence-electron chi connectivity index (χ2n) is 4.68. The minimum Gasteiger partial charge on any atom is -0.453 e. The minimum absolute atomic E-state index is 0.0833. The molecular formula is C15H17FO3. The predicted molar refractivity (Wildman–Crippen MR) is 70.6 cm³/mol. The van der Waals surface area contributed by atoms with Crippen molar-refractivity contribution in [2.24, 2.45) is 5.92 Å². The van der Waals surface area contributed by atoms with E-state index in [4.69, 9.17) is 4.42 Å². The molecule has 0 amide bonds. The monoisotopic (exact) mass is 264 g/mol. The topological polar surface area (TPSA) is 50.4 Å². The Kier molecular flexibility index (Phi) is 4.00. The number of hydrogen-bond acceptors (Lipinski definition) is 3. The molecular weight excluding hydrogens is 247 g/mol. The van der Waals surface area contributed by atoms with Gasteiger partial charge in [-0.1, -0.05) is 26.7 Å². The summed E-state index contributed by atoms with van der Waals surface area (Å²) in [7, 11) is 0. The van der Waals surface area contributed by atoms with Crippen LogP contribution in [-0.4, -0.2) is 17.0 Å². The maximum atomic E-state index is 13.1. The Labute approximate surface area is 111 Å². The Morgan fingerprint density at radius 3 is 2.63 bits per heavy atom. The van der Waals surface area contributed by atoms with Gasteiger partial charge in [-0.2, -0.15) is 0 Å². The van der Waals surface area contributed by atoms with Gasteiger partial charge in [0.25, 0.3) is 0 Å². The highest BCUT2D eigenvalue weighted by atomic mass is 19.1. The lowest BCUT2D eigenvalue weighted by Gasteiger charge is -2.17. The fourth-order valence-corrected chi connectivity index (χ4v) is 2.23. The van der Waals surface area contributed by atoms with Crippen molar-refractivity contribution in [1.82, 2.24) is 0 Å². The van der Waals surface area contributed by atoms with Crippen LogP contribution < -0.4 is 0 Å². The van der Waals surface area contributed by atoms with Gasteiger partial charge in [0.1, 0.15) is 17.5 Å². The third-order valence-electron chi connectivity index (χ3n) is 3.49. The number of rotatable bonds is 5. The summed E-state index contributed by atoms with van der Waals surface area (Å²) in [6.45, 7) is 3.86. The molecule has 1 N–H and O–H groups in total. The van der Waals surface area contributed by atoms with Gasteiger partial charge in [0.05, 0.1) is 0 Å². The number of furan rings is 1. The maximum absolute atomic E-state index is 13.1. The molecule has 19 heavy (non-hydrogen) atoms. The van der Waals surface area contributed by atoms with Crippen LogP contribution >= 0.6 is 0 Å². The van der Waals surface area contributed by atoms with Crippen molar-refractivity contribution >= 4 is 16.8 Å². The van der Waals surface area contributed by atoms with Gasteiger partial charge in [-0.15, -0.1) is 0 Å². The summed E-state index contributed by atoms with van der Waals surface area (Å²) in [6.07, 6.45) is 0.372. The summed E-state index contributed by atoms with van der Waals surface area (Å²) in [5.41, 5.74) is 0.446. The highest BCUT2D eigenvalue weighted by Crippen LogP contribution is 2.24. The number of fused-ring (bicyclic) bond motifs is 1. The third kappa shape index (κ3) is 2.68. The molecule has 0 aliphatic carbocycles. The van der Waals surface area contributed by atoms with Crippen molar-refractivity contribution in [2.45, 2.75) is 32.8 Å². The van der Waals surface area contributed by atoms with E-state index in [0.717, 1.165) is 12.8 Å². The van der Waals surface area contributed by atoms with Crippen LogP contribution in [0.4, 0.5) is 4.39 Å². The zero-order valence-electron chi connectivity index (χ0n) is 11.0. The standard InChI is InChI=1S/C15H17FO3/c1-3-9(4-2)14(17)15(18)13-8-10-7-11(16)5-6-12(10)19-13/h5-9,14,17H,3-4H2,1-2H3. The fraction of sp³-hybridized carbons (Fsp3) is 0.400. The molecule has 4 heteroatoms. The van der Waals surface area contributed by atoms with Gasteiger partial charge in [0.15, 0.2) is 5.76 Å². The van der Waals surface area contributed by atoms with Crippen LogP contribution in [-0.2, 0) is 0 Å². The van der Waals surface area contributed by atoms with E-state index in [0.29, 0.717) is 11.0 Å². The molecule has 0 saturated carbocycles. The number of aliphatic hydroxyl groups excluding tert-OH is 1. The SMILES string of the molecule is CCC(CC)C(O)C(=O)c1cc2cc(F)ccc2o1. The highest BCUT2D eigenvalue weighted by Gasteiger charge is 2.27. The summed E-state index contributed by atoms with van der Waals surface area (Å²) in [4.78, 5) is 12.1. The molecule has 0 radical (unpaired) electrons. The summed E-state index contributed by atoms with van der Waals surface area (Å²) in [6, 6.07) is 5.54. The quantitative estimate of drug-likeness (QED) is 0.840. The van der Waals surface area contributed by atoms with Crippen molar-refractivity contribution in [3.63, 3.8) is 0 Å². The number of halogens is 1. The zero-order chi connectivity index (χ0) is 14.0. The van der Waals surface area contributed by atoms with Gasteiger partial charge in [0.2, 0.25) is 5.78 Å². The van der Waals surface area contributed by atoms with E-state index in [1.165, 1.54) is 24.3 Å². The van der Waals surface area contributed by atoms with Crippen molar-refractivity contribution in [2.75, 3.05) is 0 Å². The Morgan fingerprint density at radius 2 is 2.00 bits per heavy atom. The van der Waals surface area contributed by atoms with E-state index >= 15 is 0 Å². The van der Waals surface area contributed by atoms with Crippen LogP contribution in [0.5, 0.6) is 0 Å². The highest BCUT2D eigenvalue weighted by molar-refractivity contribution is 6.00. The van der Waals surface area contributed by atoms with E-state index in [1.54, 1.807) is 0 Å². The lowest BCUT2D eigenvalue weighted by atomic mass is 9.93. The smallest absolute Gasteiger partial charge is 0.226 e. The first kappa shape index (κ1) is 13.7. The second-order valence-corrected chi connectivity index (χ2v) is 4.68. The Hall–Kier alpha value is -1.68. The number of Topliss-reactive ketones (excluding diaryl/α,β-unsaturated/α-hetero) is 1. The molecule has 2 rings (SSSR count). The Balaban J connectivity index is 2.31. The number of carbonyl (C=O) groups excluding carboxylic acids is 1. The lowest BCUT2D eigenvalue weighted by Crippen LogP contribution is -2.28. The van der Waals surface area contributed by atoms with Crippen LogP contribution in [0.15, 0.2) is 28.7 Å². The third-order valence-corrected chi connectivity index (χ3v) is 3.49. The van der Waals surface area contributed by atoms with Crippen molar-refractivity contribution in [3.8, 4) is 0 Å². The molecule has 1 atom stereocenters. The number of benzene rings is 1. The molecule has 1 aromatic heterocycles. The van der Waals surface area contributed by atoms with Crippen LogP contribution in [0.2, 0.25) is 0 Å². The summed E-state index contributed by atoms with van der Waals surface area (Å²) < 4.78 is 18.4. The van der Waals surface area contributed by atoms with E-state index < -0.39 is 11.9 Å². The number of carbonyl (C=O) groups is 1. The molecule has 102 valence electrons. The van der Waals surface area contributed by atoms with E-state index in [9.17, 15) is 14.3 Å². The summed E-state index contributed by atoms with van der Waals surface area (Å²) in [5, 5.41) is 10.6. The van der Waals surface area contributed by atoms with Crippen LogP contribution in [0.3, 0.4) is 0 Å². The first-order valence-corrected chi connectivity index (χ1v) is 6.48. The molecule has 0 saturated heterocycles. The van der Waals surface area contributed by atoms with Gasteiger partial charge in [-0.05, 0) is 30.2 Å². The predicted octanol–water partition coefficient (Wildman–Crippen LogP) is 3.55. The molecule has 0 spiro atoms. The van der Waals surface area contributed by atoms with Gasteiger partial charge < -0.3 is 9.52 Å². The van der Waals surface area contributed by atoms with Gasteiger partial charge in [0, 0.05) is 5.39 Å². The Morgan fingerprint density at radius 1 is 1.32 bits per heavy atom. The molecule has 0 fully saturated rings. The van der Waals surface area contributed by atoms with Crippen molar-refractivity contribution in [1.29, 1.82) is 0 Å². The molecule has 0 bridgehead atoms. The number of ketones is 1. The molecule has 1 unspecified atom stereocenters. The summed E-state index contributed by atoms with van der Waals surface area (Å²) >= 11 is 0. The van der Waals surface area contributed by atoms with Crippen LogP contribution in [0, 0.1) is 11.7 Å². The fourth-order valence-electron chi connectivity index (χ4n) is 2.23. The molecule has 0 aliphatic heterocycles. The molecule has 1 aromatic carbocycles. The molecule has 3 nitrogen and oxygen atoms in total. The first-order chi connectivity index (χ1) is 9.06. The van der Waals surface area contributed by atoms with Gasteiger partial charge in [-0.3, -0.25) is 4.79 Å². The molecule has 2 aromatic rings. The summed E-state index contributed by atoms with van der Waals surface area (Å²) in [5.74, 6) is -0.824. The van der Waals surface area contributed by atoms with Crippen molar-refractivity contribution < 1.29 is 18.7 Å².